The van der Waals surface area contributed by atoms with E-state index in [0.717, 1.165) is 23.0 Å². The maximum Gasteiger partial charge on any atom is 0.182 e. The summed E-state index contributed by atoms with van der Waals surface area (Å²) in [5, 5.41) is 9.86. The van der Waals surface area contributed by atoms with Crippen LogP contribution in [0.5, 0.6) is 11.5 Å². The van der Waals surface area contributed by atoms with Gasteiger partial charge in [0.15, 0.2) is 5.78 Å². The number of aliphatic hydroxyl groups is 1. The van der Waals surface area contributed by atoms with E-state index in [2.05, 4.69) is 0 Å². The number of ether oxygens (including phenoxy) is 2. The molecule has 0 spiro atoms. The normalized spacial score (nSPS) is 11.8. The molecule has 1 N–H and O–H groups in total. The largest absolute Gasteiger partial charge is 0.508 e. The highest BCUT2D eigenvalue weighted by Crippen LogP contribution is 2.15. The number of hydrogen-bond donors (Lipinski definition) is 1. The molecule has 0 amide bonds. The predicted molar refractivity (Wildman–Crippen MR) is 99.8 cm³/mol. The number of benzene rings is 2. The summed E-state index contributed by atoms with van der Waals surface area (Å²) in [5.41, 5.74) is 1.70. The zero-order valence-corrected chi connectivity index (χ0v) is 14.2. The van der Waals surface area contributed by atoms with E-state index in [0.29, 0.717) is 5.75 Å². The standard InChI is InChI=1S/C21H20O4/c1-24-20-7-3-5-16(13-20)9-11-18(22)15-19(23)12-10-17-6-4-8-21(14-17)25-2/h3-15,22H,1-2H3/b11-9+,12-10+,18-15-. The molecule has 25 heavy (non-hydrogen) atoms. The molecule has 0 fully saturated rings. The lowest BCUT2D eigenvalue weighted by molar-refractivity contribution is -0.110. The van der Waals surface area contributed by atoms with Crippen molar-refractivity contribution in [2.24, 2.45) is 0 Å². The highest BCUT2D eigenvalue weighted by atomic mass is 16.5. The first-order valence-electron chi connectivity index (χ1n) is 7.69. The van der Waals surface area contributed by atoms with E-state index in [-0.39, 0.29) is 11.5 Å². The number of ketones is 1. The highest BCUT2D eigenvalue weighted by Gasteiger charge is 1.97. The van der Waals surface area contributed by atoms with Crippen molar-refractivity contribution in [1.82, 2.24) is 0 Å². The lowest BCUT2D eigenvalue weighted by atomic mass is 10.1. The maximum absolute atomic E-state index is 11.9. The van der Waals surface area contributed by atoms with E-state index in [9.17, 15) is 9.90 Å². The molecule has 4 nitrogen and oxygen atoms in total. The van der Waals surface area contributed by atoms with Gasteiger partial charge in [-0.3, -0.25) is 4.79 Å². The monoisotopic (exact) mass is 336 g/mol. The van der Waals surface area contributed by atoms with E-state index in [1.807, 2.05) is 48.5 Å². The minimum absolute atomic E-state index is 0.122. The summed E-state index contributed by atoms with van der Waals surface area (Å²) in [6.45, 7) is 0. The van der Waals surface area contributed by atoms with Crippen molar-refractivity contribution in [3.8, 4) is 11.5 Å². The summed E-state index contributed by atoms with van der Waals surface area (Å²) >= 11 is 0. The van der Waals surface area contributed by atoms with Crippen LogP contribution in [0.4, 0.5) is 0 Å². The lowest BCUT2D eigenvalue weighted by Gasteiger charge is -2.00. The Labute approximate surface area is 147 Å². The first kappa shape index (κ1) is 18.1. The minimum atomic E-state index is -0.310. The van der Waals surface area contributed by atoms with Crippen LogP contribution in [0, 0.1) is 0 Å². The van der Waals surface area contributed by atoms with Gasteiger partial charge in [-0.25, -0.2) is 0 Å². The molecule has 0 radical (unpaired) electrons. The number of carbonyl (C=O) groups excluding carboxylic acids is 1. The highest BCUT2D eigenvalue weighted by molar-refractivity contribution is 6.02. The Balaban J connectivity index is 2.01. The fraction of sp³-hybridized carbons (Fsp3) is 0.0952. The van der Waals surface area contributed by atoms with Gasteiger partial charge in [-0.15, -0.1) is 0 Å². The topological polar surface area (TPSA) is 55.8 Å². The molecule has 0 bridgehead atoms. The van der Waals surface area contributed by atoms with Gasteiger partial charge >= 0.3 is 0 Å². The number of hydrogen-bond acceptors (Lipinski definition) is 4. The number of carbonyl (C=O) groups is 1. The van der Waals surface area contributed by atoms with E-state index in [1.54, 1.807) is 26.4 Å². The zero-order chi connectivity index (χ0) is 18.1. The first-order chi connectivity index (χ1) is 12.1. The van der Waals surface area contributed by atoms with Gasteiger partial charge in [0.05, 0.1) is 14.2 Å². The Bertz CT molecular complexity index is 816. The van der Waals surface area contributed by atoms with Gasteiger partial charge in [0.25, 0.3) is 0 Å². The number of aliphatic hydroxyl groups excluding tert-OH is 1. The Morgan fingerprint density at radius 1 is 0.880 bits per heavy atom. The van der Waals surface area contributed by atoms with Gasteiger partial charge in [-0.2, -0.15) is 0 Å². The Kier molecular flexibility index (Phi) is 6.60. The van der Waals surface area contributed by atoms with Crippen LogP contribution in [0.15, 0.2) is 72.5 Å². The van der Waals surface area contributed by atoms with Crippen LogP contribution < -0.4 is 9.47 Å². The molecule has 2 rings (SSSR count). The maximum atomic E-state index is 11.9. The third-order valence-electron chi connectivity index (χ3n) is 3.36. The van der Waals surface area contributed by atoms with E-state index in [1.165, 1.54) is 12.2 Å². The molecule has 0 aromatic heterocycles. The van der Waals surface area contributed by atoms with Crippen LogP contribution in [0.3, 0.4) is 0 Å². The molecule has 0 aliphatic rings. The van der Waals surface area contributed by atoms with E-state index in [4.69, 9.17) is 9.47 Å². The molecule has 0 atom stereocenters. The molecule has 128 valence electrons. The van der Waals surface area contributed by atoms with E-state index >= 15 is 0 Å². The molecule has 0 saturated heterocycles. The van der Waals surface area contributed by atoms with Crippen molar-refractivity contribution in [1.29, 1.82) is 0 Å². The van der Waals surface area contributed by atoms with Crippen molar-refractivity contribution in [2.45, 2.75) is 0 Å². The van der Waals surface area contributed by atoms with Gasteiger partial charge in [-0.1, -0.05) is 36.4 Å². The summed E-state index contributed by atoms with van der Waals surface area (Å²) in [4.78, 5) is 11.9. The fourth-order valence-electron chi connectivity index (χ4n) is 2.09. The smallest absolute Gasteiger partial charge is 0.182 e. The molecule has 0 saturated carbocycles. The number of methoxy groups -OCH3 is 2. The molecule has 2 aromatic carbocycles. The van der Waals surface area contributed by atoms with Crippen molar-refractivity contribution < 1.29 is 19.4 Å². The van der Waals surface area contributed by atoms with Crippen LogP contribution >= 0.6 is 0 Å². The van der Waals surface area contributed by atoms with Gasteiger partial charge in [0, 0.05) is 6.08 Å². The SMILES string of the molecule is COc1cccc(/C=C/C(=O)/C=C(O)/C=C/c2cccc(OC)c2)c1. The summed E-state index contributed by atoms with van der Waals surface area (Å²) in [5.74, 6) is 1.01. The third kappa shape index (κ3) is 6.03. The second-order valence-corrected chi connectivity index (χ2v) is 5.19. The molecule has 2 aromatic rings. The molecule has 0 aliphatic heterocycles. The quantitative estimate of drug-likeness (QED) is 0.461. The van der Waals surface area contributed by atoms with Gasteiger partial charge < -0.3 is 14.6 Å². The summed E-state index contributed by atoms with van der Waals surface area (Å²) in [6, 6.07) is 14.7. The first-order valence-corrected chi connectivity index (χ1v) is 7.69. The Morgan fingerprint density at radius 2 is 1.40 bits per heavy atom. The molecule has 0 unspecified atom stereocenters. The minimum Gasteiger partial charge on any atom is -0.508 e. The lowest BCUT2D eigenvalue weighted by Crippen LogP contribution is -1.89. The van der Waals surface area contributed by atoms with E-state index < -0.39 is 0 Å². The van der Waals surface area contributed by atoms with Crippen molar-refractivity contribution in [3.05, 3.63) is 83.6 Å². The second-order valence-electron chi connectivity index (χ2n) is 5.19. The average Bonchev–Trinajstić information content (AvgIpc) is 2.65. The fourth-order valence-corrected chi connectivity index (χ4v) is 2.09. The number of rotatable bonds is 7. The van der Waals surface area contributed by atoms with Crippen LogP contribution in [-0.2, 0) is 4.79 Å². The van der Waals surface area contributed by atoms with Gasteiger partial charge in [-0.05, 0) is 47.5 Å². The van der Waals surface area contributed by atoms with Crippen molar-refractivity contribution in [2.75, 3.05) is 14.2 Å². The van der Waals surface area contributed by atoms with Crippen LogP contribution in [0.1, 0.15) is 11.1 Å². The van der Waals surface area contributed by atoms with Crippen LogP contribution in [0.2, 0.25) is 0 Å². The van der Waals surface area contributed by atoms with Crippen LogP contribution in [0.25, 0.3) is 12.2 Å². The van der Waals surface area contributed by atoms with Gasteiger partial charge in [0.1, 0.15) is 17.3 Å². The third-order valence-corrected chi connectivity index (χ3v) is 3.36. The van der Waals surface area contributed by atoms with Gasteiger partial charge in [0.2, 0.25) is 0 Å². The second kappa shape index (κ2) is 9.13. The Hall–Kier alpha value is -3.27. The molecule has 0 heterocycles. The molecule has 4 heteroatoms. The number of allylic oxidation sites excluding steroid dienone is 3. The summed E-state index contributed by atoms with van der Waals surface area (Å²) in [7, 11) is 3.18. The predicted octanol–water partition coefficient (Wildman–Crippen LogP) is 4.44. The zero-order valence-electron chi connectivity index (χ0n) is 14.2. The Morgan fingerprint density at radius 3 is 1.92 bits per heavy atom. The van der Waals surface area contributed by atoms with Crippen LogP contribution in [-0.4, -0.2) is 25.1 Å². The summed E-state index contributed by atoms with van der Waals surface area (Å²) in [6.07, 6.45) is 7.39. The molecule has 0 aliphatic carbocycles. The van der Waals surface area contributed by atoms with Crippen molar-refractivity contribution >= 4 is 17.9 Å². The summed E-state index contributed by atoms with van der Waals surface area (Å²) < 4.78 is 10.3. The van der Waals surface area contributed by atoms with Crippen molar-refractivity contribution in [3.63, 3.8) is 0 Å². The molecular weight excluding hydrogens is 316 g/mol. The average molecular weight is 336 g/mol. The molecular formula is C21H20O4.